The molecular formula is C8H8FN5O4S. The average Bonchev–Trinajstić information content (AvgIpc) is 2.34. The molecule has 0 saturated heterocycles. The van der Waals surface area contributed by atoms with E-state index in [1.54, 1.807) is 0 Å². The summed E-state index contributed by atoms with van der Waals surface area (Å²) in [6.45, 7) is -0.369. The van der Waals surface area contributed by atoms with Crippen LogP contribution < -0.4 is 4.72 Å². The predicted molar refractivity (Wildman–Crippen MR) is 62.3 cm³/mol. The third-order valence-corrected chi connectivity index (χ3v) is 3.48. The molecule has 0 spiro atoms. The van der Waals surface area contributed by atoms with Gasteiger partial charge in [0.15, 0.2) is 4.90 Å². The molecule has 0 atom stereocenters. The van der Waals surface area contributed by atoms with Crippen molar-refractivity contribution in [2.45, 2.75) is 4.90 Å². The highest BCUT2D eigenvalue weighted by molar-refractivity contribution is 7.89. The zero-order chi connectivity index (χ0) is 14.5. The van der Waals surface area contributed by atoms with Crippen LogP contribution in [0.2, 0.25) is 0 Å². The van der Waals surface area contributed by atoms with Crippen molar-refractivity contribution in [2.24, 2.45) is 5.11 Å². The maximum atomic E-state index is 12.9. The van der Waals surface area contributed by atoms with Crippen molar-refractivity contribution < 1.29 is 17.7 Å². The second-order valence-corrected chi connectivity index (χ2v) is 4.96. The highest BCUT2D eigenvalue weighted by atomic mass is 32.2. The predicted octanol–water partition coefficient (Wildman–Crippen LogP) is 1.32. The van der Waals surface area contributed by atoms with E-state index in [0.29, 0.717) is 6.07 Å². The highest BCUT2D eigenvalue weighted by Crippen LogP contribution is 2.24. The molecule has 0 radical (unpaired) electrons. The lowest BCUT2D eigenvalue weighted by Gasteiger charge is -2.05. The number of sulfonamides is 1. The number of hydrogen-bond donors (Lipinski definition) is 1. The van der Waals surface area contributed by atoms with E-state index in [9.17, 15) is 22.9 Å². The van der Waals surface area contributed by atoms with Crippen molar-refractivity contribution in [2.75, 3.05) is 13.1 Å². The smallest absolute Gasteiger partial charge is 0.258 e. The van der Waals surface area contributed by atoms with E-state index in [-0.39, 0.29) is 13.1 Å². The van der Waals surface area contributed by atoms with Crippen molar-refractivity contribution in [3.63, 3.8) is 0 Å². The molecule has 0 heterocycles. The van der Waals surface area contributed by atoms with Gasteiger partial charge in [0.2, 0.25) is 10.0 Å². The lowest BCUT2D eigenvalue weighted by atomic mass is 10.3. The summed E-state index contributed by atoms with van der Waals surface area (Å²) >= 11 is 0. The van der Waals surface area contributed by atoms with Crippen LogP contribution >= 0.6 is 0 Å². The van der Waals surface area contributed by atoms with Crippen LogP contribution in [0.1, 0.15) is 0 Å². The van der Waals surface area contributed by atoms with Crippen LogP contribution in [0.5, 0.6) is 0 Å². The van der Waals surface area contributed by atoms with Crippen molar-refractivity contribution >= 4 is 15.7 Å². The summed E-state index contributed by atoms with van der Waals surface area (Å²) in [5.41, 5.74) is 7.15. The summed E-state index contributed by atoms with van der Waals surface area (Å²) in [7, 11) is -4.17. The summed E-state index contributed by atoms with van der Waals surface area (Å²) in [4.78, 5) is 11.4. The number of nitrogens with one attached hydrogen (secondary N) is 1. The molecule has 0 aliphatic carbocycles. The largest absolute Gasteiger partial charge is 0.292 e. The number of rotatable bonds is 6. The molecule has 0 saturated carbocycles. The molecule has 0 amide bonds. The van der Waals surface area contributed by atoms with Crippen molar-refractivity contribution in [1.82, 2.24) is 4.72 Å². The van der Waals surface area contributed by atoms with Crippen LogP contribution in [-0.4, -0.2) is 26.4 Å². The van der Waals surface area contributed by atoms with E-state index < -0.39 is 31.3 Å². The Bertz CT molecular complexity index is 641. The topological polar surface area (TPSA) is 138 Å². The Labute approximate surface area is 106 Å². The molecule has 0 aliphatic heterocycles. The van der Waals surface area contributed by atoms with Crippen molar-refractivity contribution in [3.05, 3.63) is 44.6 Å². The number of nitro benzene ring substituents is 1. The Hall–Kier alpha value is -2.23. The highest BCUT2D eigenvalue weighted by Gasteiger charge is 2.25. The maximum Gasteiger partial charge on any atom is 0.292 e. The van der Waals surface area contributed by atoms with E-state index >= 15 is 0 Å². The third-order valence-electron chi connectivity index (χ3n) is 1.97. The standard InChI is InChI=1S/C8H8FN5O4S/c9-6-1-2-8(7(5-6)14(15)16)19(17,18)12-4-3-11-13-10/h1-2,5,12H,3-4H2. The maximum absolute atomic E-state index is 12.9. The van der Waals surface area contributed by atoms with Crippen molar-refractivity contribution in [3.8, 4) is 0 Å². The fourth-order valence-electron chi connectivity index (χ4n) is 1.21. The Morgan fingerprint density at radius 3 is 2.79 bits per heavy atom. The number of benzene rings is 1. The van der Waals surface area contributed by atoms with E-state index in [1.165, 1.54) is 0 Å². The summed E-state index contributed by atoms with van der Waals surface area (Å²) in [5.74, 6) is -0.917. The molecule has 11 heteroatoms. The van der Waals surface area contributed by atoms with Crippen molar-refractivity contribution in [1.29, 1.82) is 0 Å². The van der Waals surface area contributed by atoms with E-state index in [1.807, 2.05) is 4.72 Å². The molecule has 0 unspecified atom stereocenters. The zero-order valence-corrected chi connectivity index (χ0v) is 10.2. The molecule has 1 aromatic rings. The van der Waals surface area contributed by atoms with Crippen LogP contribution in [0.4, 0.5) is 10.1 Å². The fourth-order valence-corrected chi connectivity index (χ4v) is 2.38. The second-order valence-electron chi connectivity index (χ2n) is 3.22. The summed E-state index contributed by atoms with van der Waals surface area (Å²) < 4.78 is 38.4. The molecule has 1 rings (SSSR count). The first-order chi connectivity index (χ1) is 8.88. The van der Waals surface area contributed by atoms with Crippen LogP contribution in [0, 0.1) is 15.9 Å². The molecule has 9 nitrogen and oxygen atoms in total. The number of azide groups is 1. The minimum Gasteiger partial charge on any atom is -0.258 e. The third kappa shape index (κ3) is 3.88. The average molecular weight is 289 g/mol. The van der Waals surface area contributed by atoms with Gasteiger partial charge in [-0.25, -0.2) is 17.5 Å². The normalized spacial score (nSPS) is 10.8. The molecular weight excluding hydrogens is 281 g/mol. The van der Waals surface area contributed by atoms with Crippen LogP contribution in [0.15, 0.2) is 28.2 Å². The van der Waals surface area contributed by atoms with Gasteiger partial charge in [-0.3, -0.25) is 10.1 Å². The Morgan fingerprint density at radius 1 is 1.53 bits per heavy atom. The fraction of sp³-hybridized carbons (Fsp3) is 0.250. The summed E-state index contributed by atoms with van der Waals surface area (Å²) in [6.07, 6.45) is 0. The van der Waals surface area contributed by atoms with Gasteiger partial charge >= 0.3 is 0 Å². The van der Waals surface area contributed by atoms with E-state index in [4.69, 9.17) is 5.53 Å². The Morgan fingerprint density at radius 2 is 2.21 bits per heavy atom. The van der Waals surface area contributed by atoms with Gasteiger partial charge in [0.05, 0.1) is 11.0 Å². The monoisotopic (exact) mass is 289 g/mol. The minimum absolute atomic E-state index is 0.148. The van der Waals surface area contributed by atoms with Gasteiger partial charge < -0.3 is 0 Å². The molecule has 19 heavy (non-hydrogen) atoms. The summed E-state index contributed by atoms with van der Waals surface area (Å²) in [6, 6.07) is 2.11. The molecule has 1 aromatic carbocycles. The van der Waals surface area contributed by atoms with Crippen LogP contribution in [-0.2, 0) is 10.0 Å². The van der Waals surface area contributed by atoms with E-state index in [2.05, 4.69) is 10.0 Å². The van der Waals surface area contributed by atoms with E-state index in [0.717, 1.165) is 12.1 Å². The van der Waals surface area contributed by atoms with Gasteiger partial charge in [0, 0.05) is 18.0 Å². The lowest BCUT2D eigenvalue weighted by Crippen LogP contribution is -2.26. The number of nitro groups is 1. The molecule has 0 fully saturated rings. The Balaban J connectivity index is 3.07. The first kappa shape index (κ1) is 14.8. The molecule has 102 valence electrons. The Kier molecular flexibility index (Phi) is 4.75. The first-order valence-electron chi connectivity index (χ1n) is 4.83. The molecule has 0 bridgehead atoms. The van der Waals surface area contributed by atoms with Gasteiger partial charge in [-0.05, 0) is 17.7 Å². The molecule has 1 N–H and O–H groups in total. The van der Waals surface area contributed by atoms with Gasteiger partial charge in [0.1, 0.15) is 5.82 Å². The van der Waals surface area contributed by atoms with Crippen LogP contribution in [0.25, 0.3) is 10.4 Å². The minimum atomic E-state index is -4.17. The zero-order valence-electron chi connectivity index (χ0n) is 9.35. The SMILES string of the molecule is [N-]=[N+]=NCCNS(=O)(=O)c1ccc(F)cc1[N+](=O)[O-]. The van der Waals surface area contributed by atoms with Gasteiger partial charge in [0.25, 0.3) is 5.69 Å². The second kappa shape index (κ2) is 6.09. The van der Waals surface area contributed by atoms with Gasteiger partial charge in [-0.15, -0.1) is 0 Å². The van der Waals surface area contributed by atoms with Gasteiger partial charge in [-0.2, -0.15) is 0 Å². The number of hydrogen-bond acceptors (Lipinski definition) is 5. The molecule has 0 aromatic heterocycles. The summed E-state index contributed by atoms with van der Waals surface area (Å²) in [5, 5.41) is 13.8. The number of nitrogens with zero attached hydrogens (tertiary/aromatic N) is 4. The quantitative estimate of drug-likeness (QED) is 0.211. The first-order valence-corrected chi connectivity index (χ1v) is 6.31. The lowest BCUT2D eigenvalue weighted by molar-refractivity contribution is -0.388. The molecule has 0 aliphatic rings. The number of halogens is 1. The van der Waals surface area contributed by atoms with Gasteiger partial charge in [-0.1, -0.05) is 5.11 Å². The van der Waals surface area contributed by atoms with Crippen LogP contribution in [0.3, 0.4) is 0 Å².